The Balaban J connectivity index is 1.39. The first-order chi connectivity index (χ1) is 17.0. The van der Waals surface area contributed by atoms with Crippen LogP contribution in [0.2, 0.25) is 5.02 Å². The second-order valence-corrected chi connectivity index (χ2v) is 11.5. The topological polar surface area (TPSA) is 96.0 Å². The molecule has 36 heavy (non-hydrogen) atoms. The standard InChI is InChI=1S/C25H29ClFN3O5S/c1-16-13-30(17(2)12-29(16)14-18-3-8-21(27)9-4-18)24(31)15-35-22-10-7-20(26)11-23(22)36(33,34)28-25(32)19-5-6-19/h3-4,7-11,16-17,19H,5-6,12-15H2,1-2H3,(H,28,32)/t16-,17+/m0/s1. The maximum Gasteiger partial charge on any atom is 0.267 e. The molecule has 2 fully saturated rings. The van der Waals surface area contributed by atoms with Gasteiger partial charge in [-0.15, -0.1) is 0 Å². The van der Waals surface area contributed by atoms with E-state index < -0.39 is 15.9 Å². The van der Waals surface area contributed by atoms with Crippen molar-refractivity contribution in [2.45, 2.75) is 50.2 Å². The summed E-state index contributed by atoms with van der Waals surface area (Å²) in [4.78, 5) is 28.7. The molecule has 2 aliphatic rings. The van der Waals surface area contributed by atoms with Gasteiger partial charge in [-0.05, 0) is 62.6 Å². The molecule has 4 rings (SSSR count). The molecule has 1 aliphatic heterocycles. The van der Waals surface area contributed by atoms with Crippen molar-refractivity contribution in [3.63, 3.8) is 0 Å². The molecule has 2 atom stereocenters. The van der Waals surface area contributed by atoms with Gasteiger partial charge < -0.3 is 9.64 Å². The molecule has 11 heteroatoms. The molecule has 2 aromatic carbocycles. The van der Waals surface area contributed by atoms with E-state index in [0.717, 1.165) is 5.56 Å². The van der Waals surface area contributed by atoms with Gasteiger partial charge in [0, 0.05) is 42.7 Å². The Hall–Kier alpha value is -2.69. The Morgan fingerprint density at radius 2 is 1.78 bits per heavy atom. The van der Waals surface area contributed by atoms with Gasteiger partial charge in [0.05, 0.1) is 0 Å². The molecule has 0 aromatic heterocycles. The van der Waals surface area contributed by atoms with Gasteiger partial charge >= 0.3 is 0 Å². The molecule has 1 saturated heterocycles. The predicted molar refractivity (Wildman–Crippen MR) is 132 cm³/mol. The molecule has 1 aliphatic carbocycles. The molecular weight excluding hydrogens is 509 g/mol. The summed E-state index contributed by atoms with van der Waals surface area (Å²) in [7, 11) is -4.21. The van der Waals surface area contributed by atoms with Crippen LogP contribution in [-0.4, -0.2) is 61.8 Å². The lowest BCUT2D eigenvalue weighted by Gasteiger charge is -2.44. The van der Waals surface area contributed by atoms with E-state index in [1.165, 1.54) is 30.3 Å². The third kappa shape index (κ3) is 6.35. The van der Waals surface area contributed by atoms with Gasteiger partial charge in [-0.3, -0.25) is 14.5 Å². The summed E-state index contributed by atoms with van der Waals surface area (Å²) in [6.07, 6.45) is 1.31. The van der Waals surface area contributed by atoms with Crippen LogP contribution in [0, 0.1) is 11.7 Å². The Bertz CT molecular complexity index is 1240. The summed E-state index contributed by atoms with van der Waals surface area (Å²) in [5.41, 5.74) is 0.990. The maximum atomic E-state index is 13.2. The van der Waals surface area contributed by atoms with Crippen LogP contribution in [-0.2, 0) is 26.2 Å². The normalized spacial score (nSPS) is 20.7. The van der Waals surface area contributed by atoms with Crippen molar-refractivity contribution < 1.29 is 27.1 Å². The highest BCUT2D eigenvalue weighted by Gasteiger charge is 2.35. The molecule has 0 unspecified atom stereocenters. The van der Waals surface area contributed by atoms with Crippen molar-refractivity contribution in [2.75, 3.05) is 19.7 Å². The molecule has 1 saturated carbocycles. The Labute approximate surface area is 215 Å². The van der Waals surface area contributed by atoms with Gasteiger partial charge in [0.25, 0.3) is 15.9 Å². The Morgan fingerprint density at radius 3 is 2.44 bits per heavy atom. The highest BCUT2D eigenvalue weighted by atomic mass is 35.5. The van der Waals surface area contributed by atoms with Gasteiger partial charge in [0.15, 0.2) is 6.61 Å². The molecule has 8 nitrogen and oxygen atoms in total. The van der Waals surface area contributed by atoms with Gasteiger partial charge in [0.2, 0.25) is 5.91 Å². The first-order valence-electron chi connectivity index (χ1n) is 11.8. The quantitative estimate of drug-likeness (QED) is 0.555. The third-order valence-electron chi connectivity index (χ3n) is 6.46. The number of amides is 2. The zero-order valence-corrected chi connectivity index (χ0v) is 21.7. The molecule has 0 spiro atoms. The summed E-state index contributed by atoms with van der Waals surface area (Å²) < 4.78 is 46.5. The van der Waals surface area contributed by atoms with Gasteiger partial charge in [-0.25, -0.2) is 17.5 Å². The number of nitrogens with one attached hydrogen (secondary N) is 1. The van der Waals surface area contributed by atoms with Crippen molar-refractivity contribution in [2.24, 2.45) is 5.92 Å². The molecule has 1 heterocycles. The van der Waals surface area contributed by atoms with E-state index in [9.17, 15) is 22.4 Å². The van der Waals surface area contributed by atoms with Crippen LogP contribution in [0.1, 0.15) is 32.3 Å². The smallest absolute Gasteiger partial charge is 0.267 e. The van der Waals surface area contributed by atoms with Crippen molar-refractivity contribution in [1.29, 1.82) is 0 Å². The van der Waals surface area contributed by atoms with E-state index in [1.807, 2.05) is 13.8 Å². The van der Waals surface area contributed by atoms with E-state index in [2.05, 4.69) is 9.62 Å². The molecule has 1 N–H and O–H groups in total. The molecule has 2 amide bonds. The average molecular weight is 538 g/mol. The van der Waals surface area contributed by atoms with Crippen molar-refractivity contribution >= 4 is 33.4 Å². The number of hydrogen-bond acceptors (Lipinski definition) is 6. The molecule has 2 aromatic rings. The van der Waals surface area contributed by atoms with Gasteiger partial charge in [0.1, 0.15) is 16.5 Å². The number of hydrogen-bond donors (Lipinski definition) is 1. The number of sulfonamides is 1. The molecular formula is C25H29ClFN3O5S. The van der Waals surface area contributed by atoms with Crippen molar-refractivity contribution in [3.8, 4) is 5.75 Å². The van der Waals surface area contributed by atoms with Gasteiger partial charge in [-0.1, -0.05) is 23.7 Å². The average Bonchev–Trinajstić information content (AvgIpc) is 3.67. The zero-order chi connectivity index (χ0) is 26.0. The van der Waals surface area contributed by atoms with Crippen molar-refractivity contribution in [1.82, 2.24) is 14.5 Å². The lowest BCUT2D eigenvalue weighted by atomic mass is 10.1. The summed E-state index contributed by atoms with van der Waals surface area (Å²) in [6, 6.07) is 10.4. The highest BCUT2D eigenvalue weighted by Crippen LogP contribution is 2.31. The fourth-order valence-corrected chi connectivity index (χ4v) is 5.69. The van der Waals surface area contributed by atoms with Gasteiger partial charge in [-0.2, -0.15) is 0 Å². The Morgan fingerprint density at radius 1 is 1.08 bits per heavy atom. The largest absolute Gasteiger partial charge is 0.482 e. The van der Waals surface area contributed by atoms with Crippen LogP contribution < -0.4 is 9.46 Å². The minimum Gasteiger partial charge on any atom is -0.482 e. The third-order valence-corrected chi connectivity index (χ3v) is 8.07. The van der Waals surface area contributed by atoms with Crippen LogP contribution in [0.15, 0.2) is 47.4 Å². The number of rotatable bonds is 8. The van der Waals surface area contributed by atoms with E-state index in [1.54, 1.807) is 17.0 Å². The number of halogens is 2. The molecule has 194 valence electrons. The highest BCUT2D eigenvalue weighted by molar-refractivity contribution is 7.90. The Kier molecular flexibility index (Phi) is 7.87. The molecule has 0 bridgehead atoms. The molecule has 0 radical (unpaired) electrons. The van der Waals surface area contributed by atoms with Crippen LogP contribution in [0.3, 0.4) is 0 Å². The summed E-state index contributed by atoms with van der Waals surface area (Å²) in [6.45, 7) is 5.32. The fraction of sp³-hybridized carbons (Fsp3) is 0.440. The first kappa shape index (κ1) is 26.4. The number of nitrogens with zero attached hydrogens (tertiary/aromatic N) is 2. The van der Waals surface area contributed by atoms with Crippen LogP contribution in [0.25, 0.3) is 0 Å². The number of carbonyl (C=O) groups is 2. The summed E-state index contributed by atoms with van der Waals surface area (Å²) in [5, 5.41) is 0.160. The maximum absolute atomic E-state index is 13.2. The summed E-state index contributed by atoms with van der Waals surface area (Å²) >= 11 is 6.00. The zero-order valence-electron chi connectivity index (χ0n) is 20.1. The number of piperazine rings is 1. The lowest BCUT2D eigenvalue weighted by molar-refractivity contribution is -0.139. The second kappa shape index (κ2) is 10.7. The van der Waals surface area contributed by atoms with E-state index in [0.29, 0.717) is 32.5 Å². The fourth-order valence-electron chi connectivity index (χ4n) is 4.24. The number of ether oxygens (including phenoxy) is 1. The predicted octanol–water partition coefficient (Wildman–Crippen LogP) is 3.19. The van der Waals surface area contributed by atoms with Crippen LogP contribution >= 0.6 is 11.6 Å². The van der Waals surface area contributed by atoms with E-state index in [4.69, 9.17) is 16.3 Å². The number of carbonyl (C=O) groups excluding carboxylic acids is 2. The second-order valence-electron chi connectivity index (χ2n) is 9.42. The summed E-state index contributed by atoms with van der Waals surface area (Å²) in [5.74, 6) is -1.47. The van der Waals surface area contributed by atoms with E-state index in [-0.39, 0.29) is 52.0 Å². The number of benzene rings is 2. The minimum absolute atomic E-state index is 0.0549. The lowest BCUT2D eigenvalue weighted by Crippen LogP contribution is -2.58. The first-order valence-corrected chi connectivity index (χ1v) is 13.7. The minimum atomic E-state index is -4.21. The van der Waals surface area contributed by atoms with Crippen LogP contribution in [0.4, 0.5) is 4.39 Å². The van der Waals surface area contributed by atoms with Crippen LogP contribution in [0.5, 0.6) is 5.75 Å². The van der Waals surface area contributed by atoms with E-state index >= 15 is 0 Å². The monoisotopic (exact) mass is 537 g/mol. The SMILES string of the molecule is C[C@@H]1CN(Cc2ccc(F)cc2)[C@@H](C)CN1C(=O)COc1ccc(Cl)cc1S(=O)(=O)NC(=O)C1CC1. The van der Waals surface area contributed by atoms with Crippen molar-refractivity contribution in [3.05, 3.63) is 58.9 Å².